The summed E-state index contributed by atoms with van der Waals surface area (Å²) < 4.78 is 0. The molecule has 2 unspecified atom stereocenters. The van der Waals surface area contributed by atoms with E-state index < -0.39 is 0 Å². The molecule has 1 aliphatic heterocycles. The van der Waals surface area contributed by atoms with Crippen LogP contribution in [0, 0.1) is 11.8 Å². The molecule has 1 aromatic rings. The van der Waals surface area contributed by atoms with E-state index in [0.29, 0.717) is 18.3 Å². The molecule has 3 N–H and O–H groups in total. The van der Waals surface area contributed by atoms with E-state index in [2.05, 4.69) is 29.6 Å². The third-order valence-electron chi connectivity index (χ3n) is 5.70. The molecule has 3 amide bonds. The van der Waals surface area contributed by atoms with Crippen molar-refractivity contribution in [1.29, 1.82) is 0 Å². The minimum atomic E-state index is -0.238. The first-order valence-corrected chi connectivity index (χ1v) is 9.49. The van der Waals surface area contributed by atoms with Crippen molar-refractivity contribution in [1.82, 2.24) is 10.2 Å². The van der Waals surface area contributed by atoms with Crippen LogP contribution in [0.3, 0.4) is 0 Å². The molecule has 2 fully saturated rings. The van der Waals surface area contributed by atoms with E-state index in [-0.39, 0.29) is 18.0 Å². The highest BCUT2D eigenvalue weighted by molar-refractivity contribution is 5.75. The summed E-state index contributed by atoms with van der Waals surface area (Å²) in [5.74, 6) is 0.621. The molecular formula is C20H29N3O2. The molecule has 0 aromatic heterocycles. The lowest BCUT2D eigenvalue weighted by Gasteiger charge is -2.33. The molecule has 1 heterocycles. The summed E-state index contributed by atoms with van der Waals surface area (Å²) in [6.45, 7) is 1.44. The Balaban J connectivity index is 1.48. The molecule has 1 aliphatic carbocycles. The summed E-state index contributed by atoms with van der Waals surface area (Å²) in [5, 5.41) is 3.27. The Morgan fingerprint density at radius 1 is 1.08 bits per heavy atom. The van der Waals surface area contributed by atoms with Crippen LogP contribution in [-0.2, 0) is 11.2 Å². The van der Waals surface area contributed by atoms with Crippen molar-refractivity contribution in [2.75, 3.05) is 13.1 Å². The second-order valence-corrected chi connectivity index (χ2v) is 7.54. The zero-order valence-corrected chi connectivity index (χ0v) is 14.8. The van der Waals surface area contributed by atoms with Crippen molar-refractivity contribution in [2.24, 2.45) is 17.6 Å². The molecule has 2 atom stereocenters. The summed E-state index contributed by atoms with van der Waals surface area (Å²) >= 11 is 0. The topological polar surface area (TPSA) is 75.4 Å². The van der Waals surface area contributed by atoms with Gasteiger partial charge in [0, 0.05) is 25.6 Å². The Morgan fingerprint density at radius 3 is 2.48 bits per heavy atom. The monoisotopic (exact) mass is 343 g/mol. The molecule has 2 aliphatic rings. The van der Waals surface area contributed by atoms with Gasteiger partial charge in [-0.15, -0.1) is 0 Å². The lowest BCUT2D eigenvalue weighted by Crippen LogP contribution is -2.49. The first-order chi connectivity index (χ1) is 12.1. The number of nitrogens with two attached hydrogens (primary N) is 1. The summed E-state index contributed by atoms with van der Waals surface area (Å²) in [6.07, 6.45) is 6.65. The average Bonchev–Trinajstić information content (AvgIpc) is 3.02. The number of primary amides is 1. The average molecular weight is 343 g/mol. The number of piperidine rings is 1. The highest BCUT2D eigenvalue weighted by atomic mass is 16.2. The minimum absolute atomic E-state index is 0.0579. The van der Waals surface area contributed by atoms with E-state index in [4.69, 9.17) is 5.73 Å². The van der Waals surface area contributed by atoms with E-state index in [9.17, 15) is 9.59 Å². The number of benzene rings is 1. The third-order valence-corrected chi connectivity index (χ3v) is 5.70. The predicted molar refractivity (Wildman–Crippen MR) is 97.9 cm³/mol. The fourth-order valence-corrected chi connectivity index (χ4v) is 4.26. The molecular weight excluding hydrogens is 314 g/mol. The van der Waals surface area contributed by atoms with Crippen LogP contribution in [0.4, 0.5) is 4.79 Å². The summed E-state index contributed by atoms with van der Waals surface area (Å²) in [4.78, 5) is 25.5. The Labute approximate surface area is 150 Å². The van der Waals surface area contributed by atoms with Gasteiger partial charge >= 0.3 is 6.03 Å². The van der Waals surface area contributed by atoms with Gasteiger partial charge in [-0.2, -0.15) is 0 Å². The number of likely N-dealkylation sites (tertiary alicyclic amines) is 1. The fraction of sp³-hybridized carbons (Fsp3) is 0.600. The van der Waals surface area contributed by atoms with Crippen LogP contribution in [0.5, 0.6) is 0 Å². The number of hydrogen-bond donors (Lipinski definition) is 2. The first-order valence-electron chi connectivity index (χ1n) is 9.49. The maximum Gasteiger partial charge on any atom is 0.317 e. The number of urea groups is 1. The maximum atomic E-state index is 12.6. The summed E-state index contributed by atoms with van der Waals surface area (Å²) in [7, 11) is 0. The predicted octanol–water partition coefficient (Wildman–Crippen LogP) is 2.69. The molecule has 25 heavy (non-hydrogen) atoms. The minimum Gasteiger partial charge on any atom is -0.370 e. The highest BCUT2D eigenvalue weighted by Crippen LogP contribution is 2.29. The Morgan fingerprint density at radius 2 is 1.80 bits per heavy atom. The lowest BCUT2D eigenvalue weighted by atomic mass is 9.93. The zero-order valence-electron chi connectivity index (χ0n) is 14.8. The fourth-order valence-electron chi connectivity index (χ4n) is 4.26. The molecule has 5 nitrogen and oxygen atoms in total. The number of carbonyl (C=O) groups is 2. The van der Waals surface area contributed by atoms with Crippen molar-refractivity contribution < 1.29 is 9.59 Å². The number of carbonyl (C=O) groups excluding carboxylic acids is 2. The van der Waals surface area contributed by atoms with Gasteiger partial charge in [0.1, 0.15) is 0 Å². The first kappa shape index (κ1) is 17.8. The second-order valence-electron chi connectivity index (χ2n) is 7.54. The standard InChI is InChI=1S/C20H29N3O2/c21-19(24)14-16-9-11-23(12-10-16)20(25)22-18-8-4-7-17(18)13-15-5-2-1-3-6-15/h1-3,5-6,16-18H,4,7-14H2,(H2,21,24)(H,22,25). The van der Waals surface area contributed by atoms with Gasteiger partial charge in [0.2, 0.25) is 5.91 Å². The van der Waals surface area contributed by atoms with Crippen LogP contribution in [0.1, 0.15) is 44.1 Å². The summed E-state index contributed by atoms with van der Waals surface area (Å²) in [6, 6.07) is 10.9. The van der Waals surface area contributed by atoms with E-state index in [1.54, 1.807) is 0 Å². The Hall–Kier alpha value is -2.04. The van der Waals surface area contributed by atoms with Crippen molar-refractivity contribution in [3.8, 4) is 0 Å². The van der Waals surface area contributed by atoms with Gasteiger partial charge in [-0.3, -0.25) is 4.79 Å². The normalized spacial score (nSPS) is 24.2. The van der Waals surface area contributed by atoms with Gasteiger partial charge in [-0.1, -0.05) is 36.8 Å². The Kier molecular flexibility index (Phi) is 5.95. The lowest BCUT2D eigenvalue weighted by molar-refractivity contribution is -0.119. The van der Waals surface area contributed by atoms with E-state index >= 15 is 0 Å². The van der Waals surface area contributed by atoms with E-state index in [1.807, 2.05) is 11.0 Å². The molecule has 136 valence electrons. The van der Waals surface area contributed by atoms with Crippen molar-refractivity contribution in [3.05, 3.63) is 35.9 Å². The molecule has 1 saturated heterocycles. The molecule has 0 radical (unpaired) electrons. The largest absolute Gasteiger partial charge is 0.370 e. The molecule has 1 saturated carbocycles. The number of nitrogens with zero attached hydrogens (tertiary/aromatic N) is 1. The van der Waals surface area contributed by atoms with Crippen LogP contribution in [0.25, 0.3) is 0 Å². The molecule has 5 heteroatoms. The van der Waals surface area contributed by atoms with Crippen LogP contribution < -0.4 is 11.1 Å². The highest BCUT2D eigenvalue weighted by Gasteiger charge is 2.31. The molecule has 0 bridgehead atoms. The number of amides is 3. The van der Waals surface area contributed by atoms with Crippen LogP contribution in [-0.4, -0.2) is 36.0 Å². The van der Waals surface area contributed by atoms with Gasteiger partial charge in [0.15, 0.2) is 0 Å². The van der Waals surface area contributed by atoms with E-state index in [1.165, 1.54) is 18.4 Å². The SMILES string of the molecule is NC(=O)CC1CCN(C(=O)NC2CCCC2Cc2ccccc2)CC1. The van der Waals surface area contributed by atoms with Gasteiger partial charge in [0.05, 0.1) is 0 Å². The van der Waals surface area contributed by atoms with Gasteiger partial charge in [-0.05, 0) is 49.5 Å². The smallest absolute Gasteiger partial charge is 0.317 e. The molecule has 1 aromatic carbocycles. The quantitative estimate of drug-likeness (QED) is 0.862. The van der Waals surface area contributed by atoms with Gasteiger partial charge in [0.25, 0.3) is 0 Å². The van der Waals surface area contributed by atoms with Crippen molar-refractivity contribution in [2.45, 2.75) is 51.0 Å². The van der Waals surface area contributed by atoms with Crippen LogP contribution >= 0.6 is 0 Å². The van der Waals surface area contributed by atoms with Crippen LogP contribution in [0.2, 0.25) is 0 Å². The second kappa shape index (κ2) is 8.37. The Bertz CT molecular complexity index is 582. The third kappa shape index (κ3) is 4.97. The number of nitrogens with one attached hydrogen (secondary N) is 1. The van der Waals surface area contributed by atoms with Gasteiger partial charge in [-0.25, -0.2) is 4.79 Å². The van der Waals surface area contributed by atoms with Crippen molar-refractivity contribution in [3.63, 3.8) is 0 Å². The summed E-state index contributed by atoms with van der Waals surface area (Å²) in [5.41, 5.74) is 6.62. The number of rotatable bonds is 5. The maximum absolute atomic E-state index is 12.6. The van der Waals surface area contributed by atoms with Gasteiger partial charge < -0.3 is 16.0 Å². The molecule has 3 rings (SSSR count). The molecule has 0 spiro atoms. The zero-order chi connectivity index (χ0) is 17.6. The van der Waals surface area contributed by atoms with Crippen molar-refractivity contribution >= 4 is 11.9 Å². The number of hydrogen-bond acceptors (Lipinski definition) is 2. The van der Waals surface area contributed by atoms with E-state index in [0.717, 1.165) is 38.8 Å². The van der Waals surface area contributed by atoms with Crippen LogP contribution in [0.15, 0.2) is 30.3 Å².